The van der Waals surface area contributed by atoms with Gasteiger partial charge in [0.1, 0.15) is 5.60 Å². The SMILES string of the molecule is CC(C)(C)OC(=O)N1CCN(Cc2cccc(CCOc3cc(Cl)nnc3N)c2)CC1. The normalized spacial score (nSPS) is 15.0. The maximum Gasteiger partial charge on any atom is 0.410 e. The van der Waals surface area contributed by atoms with Crippen LogP contribution in [0.4, 0.5) is 10.6 Å². The second kappa shape index (κ2) is 10.2. The van der Waals surface area contributed by atoms with Gasteiger partial charge in [-0.15, -0.1) is 10.2 Å². The minimum atomic E-state index is -0.468. The van der Waals surface area contributed by atoms with Crippen LogP contribution in [0.2, 0.25) is 5.15 Å². The molecule has 8 nitrogen and oxygen atoms in total. The molecule has 1 saturated heterocycles. The zero-order valence-corrected chi connectivity index (χ0v) is 19.1. The number of hydrogen-bond donors (Lipinski definition) is 1. The molecule has 9 heteroatoms. The molecular weight excluding hydrogens is 418 g/mol. The van der Waals surface area contributed by atoms with E-state index in [1.165, 1.54) is 11.1 Å². The lowest BCUT2D eigenvalue weighted by Crippen LogP contribution is -2.49. The van der Waals surface area contributed by atoms with E-state index in [9.17, 15) is 4.79 Å². The van der Waals surface area contributed by atoms with Gasteiger partial charge >= 0.3 is 6.09 Å². The first kappa shape index (κ1) is 23.1. The number of carbonyl (C=O) groups is 1. The Labute approximate surface area is 188 Å². The fraction of sp³-hybridized carbons (Fsp3) is 0.500. The Balaban J connectivity index is 1.46. The first-order chi connectivity index (χ1) is 14.7. The summed E-state index contributed by atoms with van der Waals surface area (Å²) in [6.07, 6.45) is 0.500. The Bertz CT molecular complexity index is 895. The Morgan fingerprint density at radius 3 is 2.55 bits per heavy atom. The van der Waals surface area contributed by atoms with E-state index in [0.29, 0.717) is 25.4 Å². The van der Waals surface area contributed by atoms with Crippen molar-refractivity contribution >= 4 is 23.5 Å². The average molecular weight is 448 g/mol. The summed E-state index contributed by atoms with van der Waals surface area (Å²) >= 11 is 5.84. The molecule has 2 aromatic rings. The summed E-state index contributed by atoms with van der Waals surface area (Å²) in [4.78, 5) is 16.3. The van der Waals surface area contributed by atoms with Crippen molar-refractivity contribution in [3.63, 3.8) is 0 Å². The fourth-order valence-electron chi connectivity index (χ4n) is 3.31. The van der Waals surface area contributed by atoms with Crippen LogP contribution < -0.4 is 10.5 Å². The highest BCUT2D eigenvalue weighted by atomic mass is 35.5. The van der Waals surface area contributed by atoms with Crippen molar-refractivity contribution in [2.24, 2.45) is 0 Å². The van der Waals surface area contributed by atoms with E-state index >= 15 is 0 Å². The largest absolute Gasteiger partial charge is 0.489 e. The zero-order valence-electron chi connectivity index (χ0n) is 18.3. The number of ether oxygens (including phenoxy) is 2. The minimum absolute atomic E-state index is 0.226. The highest BCUT2D eigenvalue weighted by molar-refractivity contribution is 6.29. The molecule has 0 radical (unpaired) electrons. The van der Waals surface area contributed by atoms with Gasteiger partial charge in [0.15, 0.2) is 16.7 Å². The number of carbonyl (C=O) groups excluding carboxylic acids is 1. The second-order valence-corrected chi connectivity index (χ2v) is 8.97. The number of hydrogen-bond acceptors (Lipinski definition) is 7. The number of nitrogens with two attached hydrogens (primary N) is 1. The molecule has 1 aliphatic heterocycles. The van der Waals surface area contributed by atoms with Gasteiger partial charge in [-0.3, -0.25) is 4.90 Å². The van der Waals surface area contributed by atoms with Crippen LogP contribution in [0, 0.1) is 0 Å². The molecule has 1 aliphatic rings. The Morgan fingerprint density at radius 1 is 1.13 bits per heavy atom. The van der Waals surface area contributed by atoms with Crippen LogP contribution in [0.3, 0.4) is 0 Å². The summed E-state index contributed by atoms with van der Waals surface area (Å²) in [6.45, 7) is 9.95. The lowest BCUT2D eigenvalue weighted by atomic mass is 10.1. The Morgan fingerprint density at radius 2 is 1.84 bits per heavy atom. The molecule has 1 fully saturated rings. The highest BCUT2D eigenvalue weighted by Crippen LogP contribution is 2.21. The lowest BCUT2D eigenvalue weighted by molar-refractivity contribution is 0.0139. The topological polar surface area (TPSA) is 93.8 Å². The number of anilines is 1. The lowest BCUT2D eigenvalue weighted by Gasteiger charge is -2.35. The first-order valence-electron chi connectivity index (χ1n) is 10.4. The van der Waals surface area contributed by atoms with Crippen LogP contribution in [0.1, 0.15) is 31.9 Å². The van der Waals surface area contributed by atoms with Gasteiger partial charge in [-0.1, -0.05) is 35.9 Å². The number of benzene rings is 1. The molecule has 0 aliphatic carbocycles. The van der Waals surface area contributed by atoms with Crippen molar-refractivity contribution in [2.75, 3.05) is 38.5 Å². The predicted molar refractivity (Wildman–Crippen MR) is 120 cm³/mol. The number of aromatic nitrogens is 2. The van der Waals surface area contributed by atoms with Crippen LogP contribution in [-0.2, 0) is 17.7 Å². The van der Waals surface area contributed by atoms with Crippen LogP contribution in [0.25, 0.3) is 0 Å². The van der Waals surface area contributed by atoms with Gasteiger partial charge in [-0.05, 0) is 31.9 Å². The molecule has 0 saturated carbocycles. The third kappa shape index (κ3) is 7.25. The van der Waals surface area contributed by atoms with Gasteiger partial charge < -0.3 is 20.1 Å². The molecule has 1 aromatic carbocycles. The molecule has 2 N–H and O–H groups in total. The number of rotatable bonds is 6. The van der Waals surface area contributed by atoms with Gasteiger partial charge in [0.2, 0.25) is 0 Å². The molecule has 0 atom stereocenters. The van der Waals surface area contributed by atoms with Crippen molar-refractivity contribution in [1.29, 1.82) is 0 Å². The van der Waals surface area contributed by atoms with Crippen LogP contribution in [-0.4, -0.2) is 64.5 Å². The maximum atomic E-state index is 12.2. The van der Waals surface area contributed by atoms with Crippen LogP contribution >= 0.6 is 11.6 Å². The summed E-state index contributed by atoms with van der Waals surface area (Å²) in [5, 5.41) is 7.68. The van der Waals surface area contributed by atoms with E-state index in [2.05, 4.69) is 39.4 Å². The van der Waals surface area contributed by atoms with Gasteiger partial charge in [-0.2, -0.15) is 0 Å². The maximum absolute atomic E-state index is 12.2. The van der Waals surface area contributed by atoms with E-state index in [1.54, 1.807) is 11.0 Å². The summed E-state index contributed by atoms with van der Waals surface area (Å²) in [5.74, 6) is 0.669. The molecule has 31 heavy (non-hydrogen) atoms. The molecule has 3 rings (SSSR count). The Hall–Kier alpha value is -2.58. The van der Waals surface area contributed by atoms with Crippen molar-refractivity contribution in [3.05, 3.63) is 46.6 Å². The third-order valence-electron chi connectivity index (χ3n) is 4.83. The summed E-state index contributed by atoms with van der Waals surface area (Å²) < 4.78 is 11.2. The number of halogens is 1. The zero-order chi connectivity index (χ0) is 22.4. The summed E-state index contributed by atoms with van der Waals surface area (Å²) in [5.41, 5.74) is 7.70. The fourth-order valence-corrected chi connectivity index (χ4v) is 3.45. The number of amides is 1. The van der Waals surface area contributed by atoms with Gasteiger partial charge in [0.25, 0.3) is 0 Å². The third-order valence-corrected chi connectivity index (χ3v) is 5.01. The van der Waals surface area contributed by atoms with Gasteiger partial charge in [0.05, 0.1) is 6.61 Å². The van der Waals surface area contributed by atoms with E-state index in [-0.39, 0.29) is 17.1 Å². The van der Waals surface area contributed by atoms with Crippen LogP contribution in [0.15, 0.2) is 30.3 Å². The smallest absolute Gasteiger partial charge is 0.410 e. The van der Waals surface area contributed by atoms with Gasteiger partial charge in [-0.25, -0.2) is 4.79 Å². The van der Waals surface area contributed by atoms with Crippen molar-refractivity contribution < 1.29 is 14.3 Å². The molecule has 1 amide bonds. The van der Waals surface area contributed by atoms with Gasteiger partial charge in [0, 0.05) is 45.2 Å². The van der Waals surface area contributed by atoms with Crippen molar-refractivity contribution in [1.82, 2.24) is 20.0 Å². The van der Waals surface area contributed by atoms with E-state index < -0.39 is 5.60 Å². The molecule has 0 bridgehead atoms. The van der Waals surface area contributed by atoms with E-state index in [4.69, 9.17) is 26.8 Å². The molecular formula is C22H30ClN5O3. The molecule has 168 valence electrons. The molecule has 0 spiro atoms. The van der Waals surface area contributed by atoms with Crippen molar-refractivity contribution in [3.8, 4) is 5.75 Å². The van der Waals surface area contributed by atoms with E-state index in [1.807, 2.05) is 20.8 Å². The predicted octanol–water partition coefficient (Wildman–Crippen LogP) is 3.39. The summed E-state index contributed by atoms with van der Waals surface area (Å²) in [6, 6.07) is 10.0. The molecule has 1 aromatic heterocycles. The number of piperazine rings is 1. The number of nitrogen functional groups attached to an aromatic ring is 1. The second-order valence-electron chi connectivity index (χ2n) is 8.58. The van der Waals surface area contributed by atoms with E-state index in [0.717, 1.165) is 26.1 Å². The van der Waals surface area contributed by atoms with Crippen LogP contribution in [0.5, 0.6) is 5.75 Å². The highest BCUT2D eigenvalue weighted by Gasteiger charge is 2.25. The minimum Gasteiger partial charge on any atom is -0.489 e. The van der Waals surface area contributed by atoms with Crippen molar-refractivity contribution in [2.45, 2.75) is 39.3 Å². The molecule has 0 unspecified atom stereocenters. The standard InChI is InChI=1S/C22H30ClN5O3/c1-22(2,3)31-21(29)28-10-8-27(9-11-28)15-17-6-4-5-16(13-17)7-12-30-18-14-19(23)25-26-20(18)24/h4-6,13-14H,7-12,15H2,1-3H3,(H2,24,26). The Kier molecular flexibility index (Phi) is 7.56. The first-order valence-corrected chi connectivity index (χ1v) is 10.8. The summed E-state index contributed by atoms with van der Waals surface area (Å²) in [7, 11) is 0. The number of nitrogens with zero attached hydrogens (tertiary/aromatic N) is 4. The molecule has 2 heterocycles. The quantitative estimate of drug-likeness (QED) is 0.725. The average Bonchev–Trinajstić information content (AvgIpc) is 2.70. The monoisotopic (exact) mass is 447 g/mol.